The second-order valence-corrected chi connectivity index (χ2v) is 9.81. The molecule has 0 saturated carbocycles. The summed E-state index contributed by atoms with van der Waals surface area (Å²) >= 11 is 0. The molecule has 1 aromatic carbocycles. The van der Waals surface area contributed by atoms with Gasteiger partial charge in [0, 0.05) is 49.3 Å². The molecule has 0 aliphatic carbocycles. The first-order chi connectivity index (χ1) is 19.0. The Morgan fingerprint density at radius 1 is 1.23 bits per heavy atom. The number of anilines is 2. The number of hydrogen-bond donors (Lipinski definition) is 3. The van der Waals surface area contributed by atoms with Crippen LogP contribution in [0.3, 0.4) is 0 Å². The van der Waals surface area contributed by atoms with Crippen LogP contribution in [-0.2, 0) is 0 Å². The summed E-state index contributed by atoms with van der Waals surface area (Å²) in [5.41, 5.74) is 1.22. The summed E-state index contributed by atoms with van der Waals surface area (Å²) in [4.78, 5) is 22.3. The number of carbonyl (C=O) groups excluding carboxylic acids is 1. The minimum atomic E-state index is -4.68. The molecule has 40 heavy (non-hydrogen) atoms. The first-order valence-electron chi connectivity index (χ1n) is 12.9. The van der Waals surface area contributed by atoms with E-state index in [-0.39, 0.29) is 29.2 Å². The monoisotopic (exact) mass is 556 g/mol. The maximum atomic E-state index is 14.8. The van der Waals surface area contributed by atoms with E-state index in [0.717, 1.165) is 0 Å². The quantitative estimate of drug-likeness (QED) is 0.320. The summed E-state index contributed by atoms with van der Waals surface area (Å²) in [6.45, 7) is 6.36. The van der Waals surface area contributed by atoms with Crippen LogP contribution in [0.5, 0.6) is 0 Å². The Labute approximate surface area is 230 Å². The van der Waals surface area contributed by atoms with Gasteiger partial charge in [-0.25, -0.2) is 9.37 Å². The Hall–Kier alpha value is -3.99. The number of pyridine rings is 2. The molecule has 1 aliphatic rings. The maximum absolute atomic E-state index is 14.8. The van der Waals surface area contributed by atoms with Gasteiger partial charge in [0.1, 0.15) is 6.17 Å². The van der Waals surface area contributed by atoms with Gasteiger partial charge in [-0.05, 0) is 44.7 Å². The SMILES string of the molecule is C=C(c1nc(/C=C/CNc2cc(C(=O)NC)cnc2C)cc2c(N[C@@H]3CCN(C)C[C@@H]3F)cccc12)C(F)(F)F. The molecule has 212 valence electrons. The molecular formula is C29H32F4N6O. The van der Waals surface area contributed by atoms with E-state index < -0.39 is 24.0 Å². The average molecular weight is 557 g/mol. The number of likely N-dealkylation sites (tertiary alicyclic amines) is 1. The van der Waals surface area contributed by atoms with Gasteiger partial charge in [-0.15, -0.1) is 0 Å². The molecule has 0 bridgehead atoms. The van der Waals surface area contributed by atoms with Crippen LogP contribution in [0.1, 0.15) is 33.9 Å². The number of rotatable bonds is 8. The van der Waals surface area contributed by atoms with Crippen molar-refractivity contribution in [2.45, 2.75) is 31.7 Å². The van der Waals surface area contributed by atoms with Gasteiger partial charge in [0.2, 0.25) is 0 Å². The number of carbonyl (C=O) groups is 1. The third-order valence-corrected chi connectivity index (χ3v) is 6.88. The normalized spacial score (nSPS) is 18.2. The van der Waals surface area contributed by atoms with Gasteiger partial charge in [-0.3, -0.25) is 9.78 Å². The highest BCUT2D eigenvalue weighted by atomic mass is 19.4. The molecule has 4 rings (SSSR count). The van der Waals surface area contributed by atoms with Gasteiger partial charge in [0.15, 0.2) is 0 Å². The number of hydrogen-bond acceptors (Lipinski definition) is 6. The summed E-state index contributed by atoms with van der Waals surface area (Å²) in [5.74, 6) is -0.271. The Bertz CT molecular complexity index is 1440. The first kappa shape index (κ1) is 29.0. The van der Waals surface area contributed by atoms with Gasteiger partial charge >= 0.3 is 6.18 Å². The summed E-state index contributed by atoms with van der Waals surface area (Å²) in [5, 5.41) is 9.71. The third kappa shape index (κ3) is 6.59. The van der Waals surface area contributed by atoms with Crippen molar-refractivity contribution in [3.63, 3.8) is 0 Å². The minimum Gasteiger partial charge on any atom is -0.380 e. The molecule has 3 heterocycles. The summed E-state index contributed by atoms with van der Waals surface area (Å²) in [6.07, 6.45) is -0.433. The third-order valence-electron chi connectivity index (χ3n) is 6.88. The van der Waals surface area contributed by atoms with Crippen LogP contribution in [0, 0.1) is 6.92 Å². The van der Waals surface area contributed by atoms with Crippen molar-refractivity contribution in [1.82, 2.24) is 20.2 Å². The molecule has 3 N–H and O–H groups in total. The zero-order valence-corrected chi connectivity index (χ0v) is 22.6. The molecule has 1 saturated heterocycles. The number of alkyl halides is 4. The number of benzene rings is 1. The van der Waals surface area contributed by atoms with E-state index >= 15 is 0 Å². The highest BCUT2D eigenvalue weighted by molar-refractivity contribution is 6.01. The van der Waals surface area contributed by atoms with Gasteiger partial charge in [-0.1, -0.05) is 24.8 Å². The van der Waals surface area contributed by atoms with Gasteiger partial charge in [0.05, 0.1) is 39.9 Å². The smallest absolute Gasteiger partial charge is 0.380 e. The van der Waals surface area contributed by atoms with Crippen LogP contribution < -0.4 is 16.0 Å². The minimum absolute atomic E-state index is 0.271. The Morgan fingerprint density at radius 2 is 2.00 bits per heavy atom. The highest BCUT2D eigenvalue weighted by Crippen LogP contribution is 2.37. The number of amides is 1. The average Bonchev–Trinajstić information content (AvgIpc) is 2.92. The van der Waals surface area contributed by atoms with E-state index in [4.69, 9.17) is 0 Å². The van der Waals surface area contributed by atoms with Crippen LogP contribution in [0.4, 0.5) is 28.9 Å². The van der Waals surface area contributed by atoms with E-state index in [1.807, 2.05) is 11.9 Å². The molecule has 1 aliphatic heterocycles. The van der Waals surface area contributed by atoms with Crippen LogP contribution >= 0.6 is 0 Å². The van der Waals surface area contributed by atoms with Crippen molar-refractivity contribution in [2.24, 2.45) is 0 Å². The van der Waals surface area contributed by atoms with Gasteiger partial charge in [-0.2, -0.15) is 13.2 Å². The first-order valence-corrected chi connectivity index (χ1v) is 12.9. The van der Waals surface area contributed by atoms with Crippen molar-refractivity contribution in [2.75, 3.05) is 44.4 Å². The molecule has 3 aromatic rings. The molecule has 0 unspecified atom stereocenters. The molecule has 7 nitrogen and oxygen atoms in total. The second-order valence-electron chi connectivity index (χ2n) is 9.81. The molecule has 11 heteroatoms. The molecule has 0 radical (unpaired) electrons. The summed E-state index contributed by atoms with van der Waals surface area (Å²) in [7, 11) is 3.38. The maximum Gasteiger partial charge on any atom is 0.417 e. The number of aryl methyl sites for hydroxylation is 1. The van der Waals surface area contributed by atoms with Crippen molar-refractivity contribution < 1.29 is 22.4 Å². The van der Waals surface area contributed by atoms with Crippen LogP contribution in [0.25, 0.3) is 22.4 Å². The zero-order valence-electron chi connectivity index (χ0n) is 22.6. The lowest BCUT2D eigenvalue weighted by Crippen LogP contribution is -2.46. The zero-order chi connectivity index (χ0) is 29.0. The molecule has 1 fully saturated rings. The number of piperidine rings is 1. The molecule has 2 aromatic heterocycles. The standard InChI is InChI=1S/C29H32F4N6O/c1-17(29(31,32)33)27-21-8-5-9-24(38-25-10-12-39(4)16-23(25)30)22(21)14-20(37-27)7-6-11-35-26-13-19(28(40)34-3)15-36-18(26)2/h5-9,13-15,23,25,35,38H,1,10-12,16H2,2-4H3,(H,34,40)/b7-6+/t23-,25+/m0/s1. The van der Waals surface area contributed by atoms with E-state index in [2.05, 4.69) is 32.5 Å². The Balaban J connectivity index is 1.64. The fourth-order valence-corrected chi connectivity index (χ4v) is 4.62. The van der Waals surface area contributed by atoms with Crippen molar-refractivity contribution in [3.05, 3.63) is 71.8 Å². The summed E-state index contributed by atoms with van der Waals surface area (Å²) < 4.78 is 56.0. The number of aromatic nitrogens is 2. The number of nitrogens with one attached hydrogen (secondary N) is 3. The fraction of sp³-hybridized carbons (Fsp3) is 0.345. The van der Waals surface area contributed by atoms with Crippen molar-refractivity contribution in [3.8, 4) is 0 Å². The molecule has 0 spiro atoms. The van der Waals surface area contributed by atoms with E-state index in [0.29, 0.717) is 47.5 Å². The van der Waals surface area contributed by atoms with Crippen molar-refractivity contribution in [1.29, 1.82) is 0 Å². The molecular weight excluding hydrogens is 524 g/mol. The number of allylic oxidation sites excluding steroid dienone is 1. The largest absolute Gasteiger partial charge is 0.417 e. The fourth-order valence-electron chi connectivity index (χ4n) is 4.62. The van der Waals surface area contributed by atoms with Crippen LogP contribution in [-0.4, -0.2) is 72.9 Å². The number of halogens is 4. The Morgan fingerprint density at radius 3 is 2.70 bits per heavy atom. The molecule has 2 atom stereocenters. The van der Waals surface area contributed by atoms with Crippen LogP contribution in [0.2, 0.25) is 0 Å². The van der Waals surface area contributed by atoms with E-state index in [1.165, 1.54) is 13.2 Å². The van der Waals surface area contributed by atoms with E-state index in [9.17, 15) is 22.4 Å². The van der Waals surface area contributed by atoms with E-state index in [1.54, 1.807) is 49.4 Å². The number of nitrogens with zero attached hydrogens (tertiary/aromatic N) is 3. The second kappa shape index (κ2) is 12.0. The molecule has 1 amide bonds. The van der Waals surface area contributed by atoms with Crippen LogP contribution in [0.15, 0.2) is 49.2 Å². The topological polar surface area (TPSA) is 82.2 Å². The lowest BCUT2D eigenvalue weighted by molar-refractivity contribution is -0.0688. The predicted octanol–water partition coefficient (Wildman–Crippen LogP) is 5.45. The van der Waals surface area contributed by atoms with Gasteiger partial charge in [0.25, 0.3) is 5.91 Å². The van der Waals surface area contributed by atoms with Gasteiger partial charge < -0.3 is 20.9 Å². The number of fused-ring (bicyclic) bond motifs is 1. The lowest BCUT2D eigenvalue weighted by Gasteiger charge is -2.33. The predicted molar refractivity (Wildman–Crippen MR) is 151 cm³/mol. The highest BCUT2D eigenvalue weighted by Gasteiger charge is 2.35. The Kier molecular flexibility index (Phi) is 8.73. The lowest BCUT2D eigenvalue weighted by atomic mass is 9.99. The summed E-state index contributed by atoms with van der Waals surface area (Å²) in [6, 6.07) is 7.82. The van der Waals surface area contributed by atoms with Crippen molar-refractivity contribution >= 4 is 39.7 Å².